The molecule has 0 aromatic heterocycles. The molecular formula is C15H13ClN2. The molecule has 1 N–H and O–H groups in total. The van der Waals surface area contributed by atoms with Crippen LogP contribution in [0.25, 0.3) is 0 Å². The van der Waals surface area contributed by atoms with Crippen LogP contribution in [0.3, 0.4) is 0 Å². The fourth-order valence-electron chi connectivity index (χ4n) is 1.77. The van der Waals surface area contributed by atoms with Crippen LogP contribution >= 0.6 is 11.6 Å². The molecule has 0 aliphatic carbocycles. The van der Waals surface area contributed by atoms with E-state index in [1.165, 1.54) is 0 Å². The van der Waals surface area contributed by atoms with Crippen molar-refractivity contribution in [3.05, 3.63) is 65.2 Å². The molecule has 2 nitrogen and oxygen atoms in total. The average molecular weight is 257 g/mol. The van der Waals surface area contributed by atoms with E-state index in [9.17, 15) is 5.26 Å². The zero-order valence-electron chi connectivity index (χ0n) is 10.0. The minimum Gasteiger partial charge on any atom is -0.363 e. The monoisotopic (exact) mass is 256 g/mol. The molecule has 0 aliphatic rings. The van der Waals surface area contributed by atoms with Crippen LogP contribution in [0, 0.1) is 11.3 Å². The molecule has 0 saturated heterocycles. The number of nitrogens with zero attached hydrogens (tertiary/aromatic N) is 1. The molecule has 2 aromatic carbocycles. The molecule has 0 fully saturated rings. The molecule has 0 aliphatic heterocycles. The van der Waals surface area contributed by atoms with Crippen molar-refractivity contribution < 1.29 is 0 Å². The van der Waals surface area contributed by atoms with Crippen molar-refractivity contribution in [2.24, 2.45) is 0 Å². The maximum absolute atomic E-state index is 9.44. The largest absolute Gasteiger partial charge is 0.363 e. The summed E-state index contributed by atoms with van der Waals surface area (Å²) in [6.07, 6.45) is 0. The molecule has 90 valence electrons. The molecule has 1 unspecified atom stereocenters. The molecule has 1 atom stereocenters. The van der Waals surface area contributed by atoms with Crippen LogP contribution < -0.4 is 5.32 Å². The Hall–Kier alpha value is -1.98. The van der Waals surface area contributed by atoms with Gasteiger partial charge in [0, 0.05) is 0 Å². The summed E-state index contributed by atoms with van der Waals surface area (Å²) in [6.45, 7) is 1.84. The first-order valence-corrected chi connectivity index (χ1v) is 6.03. The Bertz CT molecular complexity index is 575. The van der Waals surface area contributed by atoms with Gasteiger partial charge in [-0.05, 0) is 24.6 Å². The molecule has 0 saturated carbocycles. The summed E-state index contributed by atoms with van der Waals surface area (Å²) in [5.74, 6) is 0. The van der Waals surface area contributed by atoms with E-state index in [4.69, 9.17) is 11.6 Å². The van der Waals surface area contributed by atoms with Crippen LogP contribution in [0.15, 0.2) is 54.6 Å². The molecule has 0 bridgehead atoms. The van der Waals surface area contributed by atoms with Gasteiger partial charge in [-0.15, -0.1) is 0 Å². The Morgan fingerprint density at radius 2 is 1.67 bits per heavy atom. The molecule has 2 rings (SSSR count). The van der Waals surface area contributed by atoms with Crippen molar-refractivity contribution in [1.29, 1.82) is 5.26 Å². The third kappa shape index (κ3) is 2.47. The van der Waals surface area contributed by atoms with Crippen LogP contribution in [0.2, 0.25) is 5.02 Å². The average Bonchev–Trinajstić information content (AvgIpc) is 2.42. The van der Waals surface area contributed by atoms with E-state index in [1.807, 2.05) is 55.5 Å². The van der Waals surface area contributed by atoms with Gasteiger partial charge in [-0.1, -0.05) is 54.1 Å². The van der Waals surface area contributed by atoms with E-state index < -0.39 is 5.54 Å². The summed E-state index contributed by atoms with van der Waals surface area (Å²) < 4.78 is 0. The molecule has 3 heteroatoms. The summed E-state index contributed by atoms with van der Waals surface area (Å²) in [6, 6.07) is 19.3. The van der Waals surface area contributed by atoms with Gasteiger partial charge >= 0.3 is 0 Å². The number of nitriles is 1. The minimum atomic E-state index is -0.799. The summed E-state index contributed by atoms with van der Waals surface area (Å²) >= 11 is 6.10. The topological polar surface area (TPSA) is 35.8 Å². The van der Waals surface area contributed by atoms with Gasteiger partial charge in [0.1, 0.15) is 5.54 Å². The first-order valence-electron chi connectivity index (χ1n) is 5.65. The maximum atomic E-state index is 9.44. The van der Waals surface area contributed by atoms with Crippen LogP contribution in [0.5, 0.6) is 0 Å². The van der Waals surface area contributed by atoms with E-state index in [0.717, 1.165) is 11.3 Å². The van der Waals surface area contributed by atoms with E-state index in [0.29, 0.717) is 5.02 Å². The van der Waals surface area contributed by atoms with Crippen LogP contribution in [-0.4, -0.2) is 0 Å². The molecule has 0 spiro atoms. The third-order valence-electron chi connectivity index (χ3n) is 2.83. The molecule has 18 heavy (non-hydrogen) atoms. The zero-order valence-corrected chi connectivity index (χ0v) is 10.8. The SMILES string of the molecule is CC(C#N)(Nc1ccccc1Cl)c1ccccc1. The summed E-state index contributed by atoms with van der Waals surface area (Å²) in [4.78, 5) is 0. The highest BCUT2D eigenvalue weighted by molar-refractivity contribution is 6.33. The lowest BCUT2D eigenvalue weighted by Crippen LogP contribution is -2.30. The van der Waals surface area contributed by atoms with Gasteiger partial charge < -0.3 is 5.32 Å². The normalized spacial score (nSPS) is 13.4. The van der Waals surface area contributed by atoms with Crippen LogP contribution in [0.4, 0.5) is 5.69 Å². The van der Waals surface area contributed by atoms with E-state index >= 15 is 0 Å². The molecule has 0 amide bonds. The number of rotatable bonds is 3. The smallest absolute Gasteiger partial charge is 0.148 e. The maximum Gasteiger partial charge on any atom is 0.148 e. The zero-order chi connectivity index (χ0) is 13.0. The van der Waals surface area contributed by atoms with Gasteiger partial charge in [0.2, 0.25) is 0 Å². The Morgan fingerprint density at radius 3 is 2.28 bits per heavy atom. The molecular weight excluding hydrogens is 244 g/mol. The van der Waals surface area contributed by atoms with Crippen molar-refractivity contribution in [2.75, 3.05) is 5.32 Å². The number of anilines is 1. The number of halogens is 1. The van der Waals surface area contributed by atoms with Gasteiger partial charge in [0.05, 0.1) is 16.8 Å². The van der Waals surface area contributed by atoms with E-state index in [1.54, 1.807) is 6.07 Å². The highest BCUT2D eigenvalue weighted by atomic mass is 35.5. The lowest BCUT2D eigenvalue weighted by molar-refractivity contribution is 0.707. The summed E-state index contributed by atoms with van der Waals surface area (Å²) in [5.41, 5.74) is 0.867. The number of benzene rings is 2. The lowest BCUT2D eigenvalue weighted by atomic mass is 9.93. The predicted molar refractivity (Wildman–Crippen MR) is 74.5 cm³/mol. The summed E-state index contributed by atoms with van der Waals surface area (Å²) in [7, 11) is 0. The van der Waals surface area contributed by atoms with Crippen molar-refractivity contribution in [1.82, 2.24) is 0 Å². The van der Waals surface area contributed by atoms with Gasteiger partial charge in [-0.2, -0.15) is 5.26 Å². The highest BCUT2D eigenvalue weighted by Crippen LogP contribution is 2.29. The lowest BCUT2D eigenvalue weighted by Gasteiger charge is -2.25. The van der Waals surface area contributed by atoms with Gasteiger partial charge in [-0.25, -0.2) is 0 Å². The highest BCUT2D eigenvalue weighted by Gasteiger charge is 2.26. The van der Waals surface area contributed by atoms with Crippen LogP contribution in [0.1, 0.15) is 12.5 Å². The standard InChI is InChI=1S/C15H13ClN2/c1-15(11-17,12-7-3-2-4-8-12)18-14-10-6-5-9-13(14)16/h2-10,18H,1H3. The fourth-order valence-corrected chi connectivity index (χ4v) is 1.95. The van der Waals surface area contributed by atoms with E-state index in [2.05, 4.69) is 11.4 Å². The minimum absolute atomic E-state index is 0.606. The van der Waals surface area contributed by atoms with Crippen LogP contribution in [-0.2, 0) is 5.54 Å². The quantitative estimate of drug-likeness (QED) is 0.894. The van der Waals surface area contributed by atoms with E-state index in [-0.39, 0.29) is 0 Å². The first-order chi connectivity index (χ1) is 8.65. The van der Waals surface area contributed by atoms with Crippen molar-refractivity contribution in [2.45, 2.75) is 12.5 Å². The van der Waals surface area contributed by atoms with Gasteiger partial charge in [0.25, 0.3) is 0 Å². The third-order valence-corrected chi connectivity index (χ3v) is 3.16. The Morgan fingerprint density at radius 1 is 1.06 bits per heavy atom. The number of para-hydroxylation sites is 1. The van der Waals surface area contributed by atoms with Crippen molar-refractivity contribution in [3.8, 4) is 6.07 Å². The van der Waals surface area contributed by atoms with Gasteiger partial charge in [-0.3, -0.25) is 0 Å². The molecule has 0 radical (unpaired) electrons. The Kier molecular flexibility index (Phi) is 3.55. The molecule has 0 heterocycles. The summed E-state index contributed by atoms with van der Waals surface area (Å²) in [5, 5.41) is 13.2. The fraction of sp³-hybridized carbons (Fsp3) is 0.133. The number of hydrogen-bond acceptors (Lipinski definition) is 2. The number of hydrogen-bond donors (Lipinski definition) is 1. The Balaban J connectivity index is 2.36. The predicted octanol–water partition coefficient (Wildman–Crippen LogP) is 4.19. The second-order valence-corrected chi connectivity index (χ2v) is 4.61. The second kappa shape index (κ2) is 5.12. The van der Waals surface area contributed by atoms with Crippen molar-refractivity contribution >= 4 is 17.3 Å². The Labute approximate surface area is 112 Å². The van der Waals surface area contributed by atoms with Crippen molar-refractivity contribution in [3.63, 3.8) is 0 Å². The first kappa shape index (κ1) is 12.5. The van der Waals surface area contributed by atoms with Gasteiger partial charge in [0.15, 0.2) is 0 Å². The molecule has 2 aromatic rings. The number of nitrogens with one attached hydrogen (secondary N) is 1. The second-order valence-electron chi connectivity index (χ2n) is 4.21.